The van der Waals surface area contributed by atoms with Gasteiger partial charge in [-0.1, -0.05) is 48.0 Å². The number of aromatic nitrogens is 3. The van der Waals surface area contributed by atoms with Crippen molar-refractivity contribution >= 4 is 17.2 Å². The highest BCUT2D eigenvalue weighted by Gasteiger charge is 2.09. The number of benzene rings is 2. The molecule has 4 rings (SSSR count). The number of aliphatic hydroxyl groups is 1. The van der Waals surface area contributed by atoms with Crippen LogP contribution in [-0.4, -0.2) is 19.5 Å². The standard InChI is InChI=1S/C19H14ClN3O/c20-16-3-1-2-15(8-16)18-9-22-19-10-21-17(11-23(18)19)14-6-4-13(12-24)5-7-14/h1-11,24H,12H2. The molecule has 2 aromatic carbocycles. The van der Waals surface area contributed by atoms with Crippen molar-refractivity contribution in [2.45, 2.75) is 6.61 Å². The molecular weight excluding hydrogens is 322 g/mol. The fourth-order valence-electron chi connectivity index (χ4n) is 2.68. The number of fused-ring (bicyclic) bond motifs is 1. The van der Waals surface area contributed by atoms with E-state index in [0.29, 0.717) is 5.02 Å². The minimum atomic E-state index is 0.0349. The second-order valence-electron chi connectivity index (χ2n) is 5.51. The summed E-state index contributed by atoms with van der Waals surface area (Å²) in [5, 5.41) is 9.85. The van der Waals surface area contributed by atoms with Gasteiger partial charge in [-0.15, -0.1) is 0 Å². The monoisotopic (exact) mass is 335 g/mol. The summed E-state index contributed by atoms with van der Waals surface area (Å²) in [5.41, 5.74) is 5.45. The van der Waals surface area contributed by atoms with E-state index in [9.17, 15) is 0 Å². The smallest absolute Gasteiger partial charge is 0.155 e. The van der Waals surface area contributed by atoms with E-state index in [1.165, 1.54) is 0 Å². The molecule has 4 aromatic rings. The molecule has 118 valence electrons. The maximum absolute atomic E-state index is 9.16. The Kier molecular flexibility index (Phi) is 3.76. The first-order valence-electron chi connectivity index (χ1n) is 7.54. The summed E-state index contributed by atoms with van der Waals surface area (Å²) in [6.45, 7) is 0.0349. The van der Waals surface area contributed by atoms with Crippen LogP contribution in [0.4, 0.5) is 0 Å². The molecule has 5 heteroatoms. The van der Waals surface area contributed by atoms with Crippen molar-refractivity contribution in [3.8, 4) is 22.5 Å². The molecule has 0 unspecified atom stereocenters. The summed E-state index contributed by atoms with van der Waals surface area (Å²) in [6, 6.07) is 15.4. The number of halogens is 1. The van der Waals surface area contributed by atoms with Gasteiger partial charge in [0.15, 0.2) is 5.65 Å². The van der Waals surface area contributed by atoms with Gasteiger partial charge >= 0.3 is 0 Å². The number of hydrogen-bond donors (Lipinski definition) is 1. The van der Waals surface area contributed by atoms with Crippen LogP contribution in [0.2, 0.25) is 5.02 Å². The van der Waals surface area contributed by atoms with Crippen LogP contribution in [-0.2, 0) is 6.61 Å². The highest BCUT2D eigenvalue weighted by molar-refractivity contribution is 6.30. The van der Waals surface area contributed by atoms with E-state index in [4.69, 9.17) is 16.7 Å². The van der Waals surface area contributed by atoms with Crippen molar-refractivity contribution < 1.29 is 5.11 Å². The molecular formula is C19H14ClN3O. The summed E-state index contributed by atoms with van der Waals surface area (Å²) in [6.07, 6.45) is 5.54. The van der Waals surface area contributed by atoms with Crippen molar-refractivity contribution in [2.24, 2.45) is 0 Å². The van der Waals surface area contributed by atoms with E-state index in [1.54, 1.807) is 6.20 Å². The topological polar surface area (TPSA) is 50.4 Å². The third-order valence-corrected chi connectivity index (χ3v) is 4.18. The Hall–Kier alpha value is -2.69. The molecule has 0 spiro atoms. The zero-order valence-corrected chi connectivity index (χ0v) is 13.5. The normalized spacial score (nSPS) is 11.1. The highest BCUT2D eigenvalue weighted by atomic mass is 35.5. The largest absolute Gasteiger partial charge is 0.392 e. The molecule has 2 aromatic heterocycles. The predicted molar refractivity (Wildman–Crippen MR) is 94.8 cm³/mol. The van der Waals surface area contributed by atoms with E-state index in [0.717, 1.165) is 33.7 Å². The van der Waals surface area contributed by atoms with E-state index in [-0.39, 0.29) is 6.61 Å². The molecule has 0 saturated heterocycles. The molecule has 0 aliphatic carbocycles. The third-order valence-electron chi connectivity index (χ3n) is 3.95. The van der Waals surface area contributed by atoms with Gasteiger partial charge in [0.25, 0.3) is 0 Å². The van der Waals surface area contributed by atoms with Crippen LogP contribution in [0.15, 0.2) is 67.1 Å². The van der Waals surface area contributed by atoms with Gasteiger partial charge in [-0.05, 0) is 17.7 Å². The summed E-state index contributed by atoms with van der Waals surface area (Å²) in [7, 11) is 0. The first-order valence-corrected chi connectivity index (χ1v) is 7.91. The first kappa shape index (κ1) is 14.9. The first-order chi connectivity index (χ1) is 11.7. The number of rotatable bonds is 3. The van der Waals surface area contributed by atoms with Gasteiger partial charge < -0.3 is 5.11 Å². The van der Waals surface area contributed by atoms with Crippen LogP contribution in [0, 0.1) is 0 Å². The molecule has 24 heavy (non-hydrogen) atoms. The Labute approximate surface area is 144 Å². The van der Waals surface area contributed by atoms with Crippen LogP contribution in [0.25, 0.3) is 28.2 Å². The Morgan fingerprint density at radius 2 is 1.79 bits per heavy atom. The third kappa shape index (κ3) is 2.66. The zero-order valence-electron chi connectivity index (χ0n) is 12.7. The molecule has 0 saturated carbocycles. The number of nitrogens with zero attached hydrogens (tertiary/aromatic N) is 3. The fraction of sp³-hybridized carbons (Fsp3) is 0.0526. The van der Waals surface area contributed by atoms with Crippen LogP contribution in [0.5, 0.6) is 0 Å². The quantitative estimate of drug-likeness (QED) is 0.610. The van der Waals surface area contributed by atoms with Gasteiger partial charge in [0.1, 0.15) is 0 Å². The number of hydrogen-bond acceptors (Lipinski definition) is 3. The van der Waals surface area contributed by atoms with Gasteiger partial charge in [0.05, 0.1) is 30.4 Å². The highest BCUT2D eigenvalue weighted by Crippen LogP contribution is 2.25. The lowest BCUT2D eigenvalue weighted by molar-refractivity contribution is 0.282. The lowest BCUT2D eigenvalue weighted by Crippen LogP contribution is -1.93. The Balaban J connectivity index is 1.83. The maximum Gasteiger partial charge on any atom is 0.155 e. The summed E-state index contributed by atoms with van der Waals surface area (Å²) in [5.74, 6) is 0. The second kappa shape index (κ2) is 6.07. The number of aliphatic hydroxyl groups excluding tert-OH is 1. The van der Waals surface area contributed by atoms with E-state index in [2.05, 4.69) is 9.97 Å². The van der Waals surface area contributed by atoms with Crippen molar-refractivity contribution in [3.05, 3.63) is 77.7 Å². The molecule has 2 heterocycles. The maximum atomic E-state index is 9.16. The fourth-order valence-corrected chi connectivity index (χ4v) is 2.87. The predicted octanol–water partition coefficient (Wildman–Crippen LogP) is 4.21. The molecule has 0 fully saturated rings. The van der Waals surface area contributed by atoms with E-state index >= 15 is 0 Å². The minimum absolute atomic E-state index is 0.0349. The van der Waals surface area contributed by atoms with Crippen LogP contribution < -0.4 is 0 Å². The number of imidazole rings is 1. The lowest BCUT2D eigenvalue weighted by atomic mass is 10.1. The van der Waals surface area contributed by atoms with E-state index < -0.39 is 0 Å². The molecule has 0 atom stereocenters. The van der Waals surface area contributed by atoms with Crippen molar-refractivity contribution in [1.29, 1.82) is 0 Å². The Bertz CT molecular complexity index is 1010. The summed E-state index contributed by atoms with van der Waals surface area (Å²) < 4.78 is 2.01. The van der Waals surface area contributed by atoms with Crippen LogP contribution in [0.3, 0.4) is 0 Å². The van der Waals surface area contributed by atoms with Crippen LogP contribution >= 0.6 is 11.6 Å². The zero-order chi connectivity index (χ0) is 16.5. The molecule has 1 N–H and O–H groups in total. The average molecular weight is 336 g/mol. The van der Waals surface area contributed by atoms with Crippen molar-refractivity contribution in [3.63, 3.8) is 0 Å². The molecule has 0 radical (unpaired) electrons. The van der Waals surface area contributed by atoms with Gasteiger partial charge in [0.2, 0.25) is 0 Å². The Morgan fingerprint density at radius 1 is 0.958 bits per heavy atom. The van der Waals surface area contributed by atoms with Crippen LogP contribution in [0.1, 0.15) is 5.56 Å². The lowest BCUT2D eigenvalue weighted by Gasteiger charge is -2.06. The van der Waals surface area contributed by atoms with Gasteiger partial charge in [-0.2, -0.15) is 0 Å². The van der Waals surface area contributed by atoms with Crippen molar-refractivity contribution in [2.75, 3.05) is 0 Å². The van der Waals surface area contributed by atoms with Gasteiger partial charge in [-0.25, -0.2) is 4.98 Å². The molecule has 0 aliphatic rings. The SMILES string of the molecule is OCc1ccc(-c2cn3c(-c4cccc(Cl)c4)cnc3cn2)cc1. The molecule has 0 bridgehead atoms. The summed E-state index contributed by atoms with van der Waals surface area (Å²) >= 11 is 6.11. The molecule has 0 amide bonds. The van der Waals surface area contributed by atoms with Gasteiger partial charge in [-0.3, -0.25) is 9.38 Å². The van der Waals surface area contributed by atoms with Gasteiger partial charge in [0, 0.05) is 22.3 Å². The summed E-state index contributed by atoms with van der Waals surface area (Å²) in [4.78, 5) is 8.90. The molecule has 4 nitrogen and oxygen atoms in total. The minimum Gasteiger partial charge on any atom is -0.392 e. The average Bonchev–Trinajstić information content (AvgIpc) is 3.05. The molecule has 0 aliphatic heterocycles. The van der Waals surface area contributed by atoms with E-state index in [1.807, 2.05) is 65.3 Å². The second-order valence-corrected chi connectivity index (χ2v) is 5.95. The Morgan fingerprint density at radius 3 is 2.54 bits per heavy atom. The van der Waals surface area contributed by atoms with Crippen molar-refractivity contribution in [1.82, 2.24) is 14.4 Å².